The highest BCUT2D eigenvalue weighted by Gasteiger charge is 2.43. The predicted octanol–water partition coefficient (Wildman–Crippen LogP) is 0.302. The lowest BCUT2D eigenvalue weighted by Crippen LogP contribution is -2.65. The fourth-order valence-corrected chi connectivity index (χ4v) is 3.21. The molecule has 4 N–H and O–H groups in total. The number of halogens is 2. The minimum Gasteiger partial charge on any atom is -0.388 e. The van der Waals surface area contributed by atoms with Crippen LogP contribution in [-0.4, -0.2) is 69.5 Å². The number of β-amino-alcohol motifs (C(OH)–C–C–N with tert-alkyl or cyclic N) is 1. The summed E-state index contributed by atoms with van der Waals surface area (Å²) >= 11 is 0. The van der Waals surface area contributed by atoms with Gasteiger partial charge in [0.15, 0.2) is 0 Å². The third kappa shape index (κ3) is 4.58. The van der Waals surface area contributed by atoms with Crippen molar-refractivity contribution in [1.82, 2.24) is 10.2 Å². The second-order valence-electron chi connectivity index (χ2n) is 6.80. The number of piperidine rings is 1. The molecule has 2 amide bonds. The molecule has 0 aliphatic carbocycles. The molecular formula is C20H20F2N2O5. The smallest absolute Gasteiger partial charge is 0.254 e. The van der Waals surface area contributed by atoms with Gasteiger partial charge in [0, 0.05) is 17.7 Å². The van der Waals surface area contributed by atoms with Gasteiger partial charge in [0.2, 0.25) is 0 Å². The van der Waals surface area contributed by atoms with Crippen LogP contribution in [0.2, 0.25) is 0 Å². The maximum atomic E-state index is 13.1. The minimum atomic E-state index is -1.53. The third-order valence-corrected chi connectivity index (χ3v) is 4.85. The highest BCUT2D eigenvalue weighted by atomic mass is 19.1. The monoisotopic (exact) mass is 406 g/mol. The van der Waals surface area contributed by atoms with Crippen LogP contribution < -0.4 is 5.32 Å². The highest BCUT2D eigenvalue weighted by molar-refractivity contribution is 5.95. The van der Waals surface area contributed by atoms with Crippen molar-refractivity contribution in [2.45, 2.75) is 24.4 Å². The summed E-state index contributed by atoms with van der Waals surface area (Å²) in [6, 6.07) is 8.48. The first-order valence-corrected chi connectivity index (χ1v) is 8.92. The van der Waals surface area contributed by atoms with Gasteiger partial charge in [0.1, 0.15) is 29.9 Å². The predicted molar refractivity (Wildman–Crippen MR) is 98.0 cm³/mol. The summed E-state index contributed by atoms with van der Waals surface area (Å²) in [5.74, 6) is -2.20. The van der Waals surface area contributed by atoms with Crippen LogP contribution in [0.25, 0.3) is 0 Å². The summed E-state index contributed by atoms with van der Waals surface area (Å²) in [6.45, 7) is -0.514. The van der Waals surface area contributed by atoms with Gasteiger partial charge >= 0.3 is 0 Å². The van der Waals surface area contributed by atoms with Gasteiger partial charge < -0.3 is 25.5 Å². The fourth-order valence-electron chi connectivity index (χ4n) is 3.21. The lowest BCUT2D eigenvalue weighted by Gasteiger charge is -2.43. The van der Waals surface area contributed by atoms with Crippen molar-refractivity contribution in [3.05, 3.63) is 71.3 Å². The highest BCUT2D eigenvalue weighted by Crippen LogP contribution is 2.21. The number of amides is 2. The molecule has 1 fully saturated rings. The van der Waals surface area contributed by atoms with E-state index in [0.717, 1.165) is 29.2 Å². The van der Waals surface area contributed by atoms with Crippen LogP contribution in [0.3, 0.4) is 0 Å². The van der Waals surface area contributed by atoms with E-state index in [-0.39, 0.29) is 24.2 Å². The summed E-state index contributed by atoms with van der Waals surface area (Å²) in [6.07, 6.45) is -4.44. The Labute approximate surface area is 165 Å². The standard InChI is InChI=1S/C20H20F2N2O5/c21-13-5-1-11(2-6-13)19(28)23-9-15-17(26)18(27)16(25)10-24(15)20(29)12-3-7-14(22)8-4-12/h1-8,15-18,25-27H,9-10H2,(H,23,28)/t15-,16+,17-,18-/m1/s1. The zero-order chi connectivity index (χ0) is 21.1. The number of aliphatic hydroxyl groups excluding tert-OH is 3. The van der Waals surface area contributed by atoms with E-state index in [2.05, 4.69) is 5.32 Å². The molecule has 3 rings (SSSR count). The molecule has 29 heavy (non-hydrogen) atoms. The first-order valence-electron chi connectivity index (χ1n) is 8.92. The number of hydrogen-bond donors (Lipinski definition) is 4. The molecule has 1 aliphatic heterocycles. The molecule has 2 aromatic rings. The van der Waals surface area contributed by atoms with Crippen LogP contribution in [0.15, 0.2) is 48.5 Å². The van der Waals surface area contributed by atoms with E-state index in [9.17, 15) is 33.7 Å². The molecule has 9 heteroatoms. The van der Waals surface area contributed by atoms with E-state index < -0.39 is 47.8 Å². The number of carbonyl (C=O) groups excluding carboxylic acids is 2. The van der Waals surface area contributed by atoms with E-state index in [1.54, 1.807) is 0 Å². The van der Waals surface area contributed by atoms with Gasteiger partial charge in [0.05, 0.1) is 12.6 Å². The minimum absolute atomic E-state index is 0.122. The molecule has 4 atom stereocenters. The third-order valence-electron chi connectivity index (χ3n) is 4.85. The van der Waals surface area contributed by atoms with Crippen LogP contribution in [0.4, 0.5) is 8.78 Å². The molecule has 0 radical (unpaired) electrons. The van der Waals surface area contributed by atoms with Crippen molar-refractivity contribution in [2.75, 3.05) is 13.1 Å². The van der Waals surface area contributed by atoms with Crippen molar-refractivity contribution in [2.24, 2.45) is 0 Å². The van der Waals surface area contributed by atoms with Gasteiger partial charge in [-0.3, -0.25) is 9.59 Å². The van der Waals surface area contributed by atoms with Gasteiger partial charge in [-0.15, -0.1) is 0 Å². The van der Waals surface area contributed by atoms with Gasteiger partial charge in [0.25, 0.3) is 11.8 Å². The molecule has 0 spiro atoms. The molecule has 0 saturated carbocycles. The average molecular weight is 406 g/mol. The van der Waals surface area contributed by atoms with Gasteiger partial charge in [-0.05, 0) is 48.5 Å². The largest absolute Gasteiger partial charge is 0.388 e. The number of benzene rings is 2. The first kappa shape index (κ1) is 20.8. The lowest BCUT2D eigenvalue weighted by molar-refractivity contribution is -0.125. The Morgan fingerprint density at radius 2 is 1.41 bits per heavy atom. The molecule has 0 unspecified atom stereocenters. The van der Waals surface area contributed by atoms with Crippen LogP contribution in [-0.2, 0) is 0 Å². The van der Waals surface area contributed by atoms with Crippen molar-refractivity contribution in [3.8, 4) is 0 Å². The maximum absolute atomic E-state index is 13.1. The van der Waals surface area contributed by atoms with E-state index in [1.807, 2.05) is 0 Å². The molecule has 1 saturated heterocycles. The summed E-state index contributed by atoms with van der Waals surface area (Å²) < 4.78 is 26.1. The van der Waals surface area contributed by atoms with Crippen LogP contribution in [0.5, 0.6) is 0 Å². The second kappa shape index (κ2) is 8.64. The van der Waals surface area contributed by atoms with E-state index in [0.29, 0.717) is 0 Å². The summed E-state index contributed by atoms with van der Waals surface area (Å²) in [5.41, 5.74) is 0.297. The maximum Gasteiger partial charge on any atom is 0.254 e. The summed E-state index contributed by atoms with van der Waals surface area (Å²) in [5, 5.41) is 32.9. The molecule has 0 bridgehead atoms. The SMILES string of the molecule is O=C(NC[C@@H]1[C@@H](O)[C@H](O)[C@@H](O)CN1C(=O)c1ccc(F)cc1)c1ccc(F)cc1. The van der Waals surface area contributed by atoms with Gasteiger partial charge in [-0.1, -0.05) is 0 Å². The molecule has 1 aliphatic rings. The Morgan fingerprint density at radius 1 is 0.897 bits per heavy atom. The fraction of sp³-hybridized carbons (Fsp3) is 0.300. The zero-order valence-electron chi connectivity index (χ0n) is 15.2. The van der Waals surface area contributed by atoms with E-state index in [1.165, 1.54) is 24.3 Å². The van der Waals surface area contributed by atoms with Crippen molar-refractivity contribution in [3.63, 3.8) is 0 Å². The Balaban J connectivity index is 1.78. The van der Waals surface area contributed by atoms with Crippen LogP contribution in [0, 0.1) is 11.6 Å². The number of nitrogens with one attached hydrogen (secondary N) is 1. The van der Waals surface area contributed by atoms with Gasteiger partial charge in [-0.2, -0.15) is 0 Å². The topological polar surface area (TPSA) is 110 Å². The quantitative estimate of drug-likeness (QED) is 0.584. The first-order chi connectivity index (χ1) is 13.8. The summed E-state index contributed by atoms with van der Waals surface area (Å²) in [4.78, 5) is 26.2. The molecule has 0 aromatic heterocycles. The van der Waals surface area contributed by atoms with Crippen molar-refractivity contribution < 1.29 is 33.7 Å². The average Bonchev–Trinajstić information content (AvgIpc) is 2.71. The lowest BCUT2D eigenvalue weighted by atomic mass is 9.92. The van der Waals surface area contributed by atoms with E-state index in [4.69, 9.17) is 0 Å². The second-order valence-corrected chi connectivity index (χ2v) is 6.80. The molecule has 2 aromatic carbocycles. The van der Waals surface area contributed by atoms with Gasteiger partial charge in [-0.25, -0.2) is 8.78 Å². The zero-order valence-corrected chi connectivity index (χ0v) is 15.2. The number of aliphatic hydroxyl groups is 3. The Kier molecular flexibility index (Phi) is 6.21. The Hall–Kier alpha value is -2.88. The van der Waals surface area contributed by atoms with E-state index >= 15 is 0 Å². The Bertz CT molecular complexity index is 875. The van der Waals surface area contributed by atoms with Crippen LogP contribution in [0.1, 0.15) is 20.7 Å². The van der Waals surface area contributed by atoms with Crippen molar-refractivity contribution >= 4 is 11.8 Å². The molecule has 154 valence electrons. The summed E-state index contributed by atoms with van der Waals surface area (Å²) in [7, 11) is 0. The Morgan fingerprint density at radius 3 is 1.97 bits per heavy atom. The number of likely N-dealkylation sites (tertiary alicyclic amines) is 1. The number of carbonyl (C=O) groups is 2. The number of rotatable bonds is 4. The molecule has 1 heterocycles. The number of nitrogens with zero attached hydrogens (tertiary/aromatic N) is 1. The van der Waals surface area contributed by atoms with Crippen molar-refractivity contribution in [1.29, 1.82) is 0 Å². The molecular weight excluding hydrogens is 386 g/mol. The molecule has 7 nitrogen and oxygen atoms in total. The number of hydrogen-bond acceptors (Lipinski definition) is 5. The van der Waals surface area contributed by atoms with Crippen LogP contribution >= 0.6 is 0 Å². The normalized spacial score (nSPS) is 24.2.